The highest BCUT2D eigenvalue weighted by atomic mass is 35.5. The maximum Gasteiger partial charge on any atom is 0.321 e. The highest BCUT2D eigenvalue weighted by molar-refractivity contribution is 6.31. The van der Waals surface area contributed by atoms with Crippen LogP contribution in [0.3, 0.4) is 0 Å². The standard InChI is InChI=1S/C21H21ClN4O3/c1-29-17-4-2-3-15(12-17)24-21(28)25-9-7-16(8-10-25)26-13-23-19-6-5-14(22)11-18(19)20(26)27/h2-6,11-13,16H,7-10H2,1H3,(H,24,28). The Hall–Kier alpha value is -3.06. The fraction of sp³-hybridized carbons (Fsp3) is 0.286. The van der Waals surface area contributed by atoms with E-state index in [0.29, 0.717) is 53.3 Å². The molecule has 7 nitrogen and oxygen atoms in total. The quantitative estimate of drug-likeness (QED) is 0.707. The summed E-state index contributed by atoms with van der Waals surface area (Å²) in [6, 6.07) is 12.2. The van der Waals surface area contributed by atoms with E-state index in [2.05, 4.69) is 10.3 Å². The van der Waals surface area contributed by atoms with Gasteiger partial charge in [0.2, 0.25) is 0 Å². The Morgan fingerprint density at radius 1 is 1.21 bits per heavy atom. The highest BCUT2D eigenvalue weighted by Crippen LogP contribution is 2.23. The van der Waals surface area contributed by atoms with E-state index in [4.69, 9.17) is 16.3 Å². The molecule has 0 radical (unpaired) electrons. The third kappa shape index (κ3) is 4.05. The lowest BCUT2D eigenvalue weighted by molar-refractivity contribution is 0.182. The lowest BCUT2D eigenvalue weighted by atomic mass is 10.0. The first-order valence-corrected chi connectivity index (χ1v) is 9.79. The topological polar surface area (TPSA) is 76.5 Å². The molecule has 0 unspecified atom stereocenters. The summed E-state index contributed by atoms with van der Waals surface area (Å²) in [6.45, 7) is 1.11. The predicted octanol–water partition coefficient (Wildman–Crippen LogP) is 3.93. The summed E-state index contributed by atoms with van der Waals surface area (Å²) in [5, 5.41) is 3.92. The maximum absolute atomic E-state index is 12.9. The number of anilines is 1. The van der Waals surface area contributed by atoms with Gasteiger partial charge in [-0.1, -0.05) is 17.7 Å². The molecule has 1 aliphatic heterocycles. The van der Waals surface area contributed by atoms with Crippen LogP contribution in [0.4, 0.5) is 10.5 Å². The number of piperidine rings is 1. The number of carbonyl (C=O) groups is 1. The van der Waals surface area contributed by atoms with Gasteiger partial charge in [-0.05, 0) is 43.2 Å². The number of rotatable bonds is 3. The number of urea groups is 1. The molecule has 1 saturated heterocycles. The Balaban J connectivity index is 1.44. The number of halogens is 1. The van der Waals surface area contributed by atoms with Crippen LogP contribution in [0.2, 0.25) is 5.02 Å². The molecular weight excluding hydrogens is 392 g/mol. The Morgan fingerprint density at radius 3 is 2.76 bits per heavy atom. The SMILES string of the molecule is COc1cccc(NC(=O)N2CCC(n3cnc4ccc(Cl)cc4c3=O)CC2)c1. The first-order chi connectivity index (χ1) is 14.0. The highest BCUT2D eigenvalue weighted by Gasteiger charge is 2.25. The Bertz CT molecular complexity index is 1110. The average molecular weight is 413 g/mol. The molecule has 1 aromatic heterocycles. The van der Waals surface area contributed by atoms with E-state index < -0.39 is 0 Å². The number of benzene rings is 2. The van der Waals surface area contributed by atoms with E-state index in [1.54, 1.807) is 47.2 Å². The van der Waals surface area contributed by atoms with Crippen molar-refractivity contribution in [3.05, 3.63) is 64.2 Å². The van der Waals surface area contributed by atoms with E-state index in [1.807, 2.05) is 18.2 Å². The number of fused-ring (bicyclic) bond motifs is 1. The van der Waals surface area contributed by atoms with Crippen molar-refractivity contribution < 1.29 is 9.53 Å². The van der Waals surface area contributed by atoms with Crippen LogP contribution >= 0.6 is 11.6 Å². The molecule has 2 heterocycles. The molecule has 2 amide bonds. The molecule has 1 N–H and O–H groups in total. The lowest BCUT2D eigenvalue weighted by Crippen LogP contribution is -2.42. The van der Waals surface area contributed by atoms with E-state index in [1.165, 1.54) is 0 Å². The van der Waals surface area contributed by atoms with Crippen molar-refractivity contribution in [2.45, 2.75) is 18.9 Å². The molecule has 150 valence electrons. The number of ether oxygens (including phenoxy) is 1. The van der Waals surface area contributed by atoms with Gasteiger partial charge in [0.1, 0.15) is 5.75 Å². The summed E-state index contributed by atoms with van der Waals surface area (Å²) in [7, 11) is 1.59. The smallest absolute Gasteiger partial charge is 0.321 e. The number of nitrogens with zero attached hydrogens (tertiary/aromatic N) is 3. The van der Waals surface area contributed by atoms with E-state index in [9.17, 15) is 9.59 Å². The summed E-state index contributed by atoms with van der Waals surface area (Å²) in [6.07, 6.45) is 2.95. The molecule has 0 bridgehead atoms. The van der Waals surface area contributed by atoms with Crippen molar-refractivity contribution in [1.29, 1.82) is 0 Å². The van der Waals surface area contributed by atoms with Gasteiger partial charge < -0.3 is 15.0 Å². The number of hydrogen-bond acceptors (Lipinski definition) is 4. The van der Waals surface area contributed by atoms with Crippen LogP contribution in [0.1, 0.15) is 18.9 Å². The molecule has 2 aromatic carbocycles. The van der Waals surface area contributed by atoms with Gasteiger partial charge in [0.05, 0.1) is 24.3 Å². The molecule has 1 fully saturated rings. The van der Waals surface area contributed by atoms with Gasteiger partial charge in [-0.3, -0.25) is 9.36 Å². The Morgan fingerprint density at radius 2 is 2.00 bits per heavy atom. The second kappa shape index (κ2) is 8.13. The van der Waals surface area contributed by atoms with Crippen LogP contribution in [0.5, 0.6) is 5.75 Å². The van der Waals surface area contributed by atoms with Gasteiger partial charge in [0, 0.05) is 35.9 Å². The fourth-order valence-corrected chi connectivity index (χ4v) is 3.79. The fourth-order valence-electron chi connectivity index (χ4n) is 3.62. The van der Waals surface area contributed by atoms with Crippen LogP contribution in [0.15, 0.2) is 53.6 Å². The van der Waals surface area contributed by atoms with Gasteiger partial charge in [-0.2, -0.15) is 0 Å². The van der Waals surface area contributed by atoms with Crippen LogP contribution in [-0.4, -0.2) is 40.7 Å². The van der Waals surface area contributed by atoms with Crippen molar-refractivity contribution in [1.82, 2.24) is 14.5 Å². The van der Waals surface area contributed by atoms with Gasteiger partial charge in [0.25, 0.3) is 5.56 Å². The minimum Gasteiger partial charge on any atom is -0.497 e. The van der Waals surface area contributed by atoms with Crippen molar-refractivity contribution in [2.75, 3.05) is 25.5 Å². The zero-order chi connectivity index (χ0) is 20.4. The summed E-state index contributed by atoms with van der Waals surface area (Å²) in [5.74, 6) is 0.685. The first kappa shape index (κ1) is 19.3. The minimum absolute atomic E-state index is 0.000694. The van der Waals surface area contributed by atoms with Crippen molar-refractivity contribution in [2.24, 2.45) is 0 Å². The summed E-state index contributed by atoms with van der Waals surface area (Å²) in [4.78, 5) is 31.6. The molecule has 4 rings (SSSR count). The van der Waals surface area contributed by atoms with Crippen molar-refractivity contribution in [3.63, 3.8) is 0 Å². The molecular formula is C21H21ClN4O3. The monoisotopic (exact) mass is 412 g/mol. The second-order valence-electron chi connectivity index (χ2n) is 7.00. The summed E-state index contributed by atoms with van der Waals surface area (Å²) >= 11 is 6.03. The lowest BCUT2D eigenvalue weighted by Gasteiger charge is -2.32. The molecule has 0 spiro atoms. The predicted molar refractivity (Wildman–Crippen MR) is 113 cm³/mol. The number of nitrogens with one attached hydrogen (secondary N) is 1. The van der Waals surface area contributed by atoms with Crippen LogP contribution < -0.4 is 15.6 Å². The van der Waals surface area contributed by atoms with Crippen molar-refractivity contribution >= 4 is 34.2 Å². The zero-order valence-corrected chi connectivity index (χ0v) is 16.7. The average Bonchev–Trinajstić information content (AvgIpc) is 2.75. The third-order valence-electron chi connectivity index (χ3n) is 5.21. The largest absolute Gasteiger partial charge is 0.497 e. The number of carbonyl (C=O) groups excluding carboxylic acids is 1. The van der Waals surface area contributed by atoms with Gasteiger partial charge >= 0.3 is 6.03 Å². The number of aromatic nitrogens is 2. The number of hydrogen-bond donors (Lipinski definition) is 1. The number of likely N-dealkylation sites (tertiary alicyclic amines) is 1. The van der Waals surface area contributed by atoms with E-state index >= 15 is 0 Å². The molecule has 0 saturated carbocycles. The Kier molecular flexibility index (Phi) is 5.40. The van der Waals surface area contributed by atoms with Gasteiger partial charge in [0.15, 0.2) is 0 Å². The minimum atomic E-state index is -0.160. The maximum atomic E-state index is 12.9. The van der Waals surface area contributed by atoms with Gasteiger partial charge in [-0.25, -0.2) is 9.78 Å². The first-order valence-electron chi connectivity index (χ1n) is 9.41. The second-order valence-corrected chi connectivity index (χ2v) is 7.44. The summed E-state index contributed by atoms with van der Waals surface area (Å²) in [5.41, 5.74) is 1.21. The van der Waals surface area contributed by atoms with Gasteiger partial charge in [-0.15, -0.1) is 0 Å². The normalized spacial score (nSPS) is 14.8. The molecule has 0 atom stereocenters. The van der Waals surface area contributed by atoms with Crippen LogP contribution in [0.25, 0.3) is 10.9 Å². The zero-order valence-electron chi connectivity index (χ0n) is 16.0. The number of amides is 2. The molecule has 29 heavy (non-hydrogen) atoms. The van der Waals surface area contributed by atoms with E-state index in [-0.39, 0.29) is 17.6 Å². The third-order valence-corrected chi connectivity index (χ3v) is 5.45. The van der Waals surface area contributed by atoms with Crippen LogP contribution in [0, 0.1) is 0 Å². The van der Waals surface area contributed by atoms with Crippen LogP contribution in [-0.2, 0) is 0 Å². The molecule has 0 aliphatic carbocycles. The van der Waals surface area contributed by atoms with E-state index in [0.717, 1.165) is 0 Å². The molecule has 8 heteroatoms. The molecule has 1 aliphatic rings. The Labute approximate surface area is 172 Å². The van der Waals surface area contributed by atoms with Crippen molar-refractivity contribution in [3.8, 4) is 5.75 Å². The molecule has 3 aromatic rings. The summed E-state index contributed by atoms with van der Waals surface area (Å²) < 4.78 is 6.85. The number of methoxy groups -OCH3 is 1.